The highest BCUT2D eigenvalue weighted by Crippen LogP contribution is 2.27. The van der Waals surface area contributed by atoms with Crippen LogP contribution in [0.1, 0.15) is 16.7 Å². The van der Waals surface area contributed by atoms with Crippen LogP contribution in [-0.4, -0.2) is 50.3 Å². The van der Waals surface area contributed by atoms with Gasteiger partial charge in [-0.05, 0) is 59.0 Å². The molecule has 4 rings (SSSR count). The molecule has 0 radical (unpaired) electrons. The summed E-state index contributed by atoms with van der Waals surface area (Å²) in [7, 11) is 0. The Kier molecular flexibility index (Phi) is 8.28. The van der Waals surface area contributed by atoms with Crippen LogP contribution in [0.4, 0.5) is 4.39 Å². The molecule has 178 valence electrons. The average molecular weight is 463 g/mol. The predicted molar refractivity (Wildman–Crippen MR) is 131 cm³/mol. The number of halogens is 1. The Labute approximate surface area is 200 Å². The molecule has 0 bridgehead atoms. The molecule has 1 aliphatic heterocycles. The number of rotatable bonds is 9. The van der Waals surface area contributed by atoms with E-state index in [0.717, 1.165) is 60.9 Å². The minimum Gasteiger partial charge on any atom is -0.492 e. The average Bonchev–Trinajstić information content (AvgIpc) is 2.84. The van der Waals surface area contributed by atoms with Crippen molar-refractivity contribution in [3.05, 3.63) is 89.2 Å². The van der Waals surface area contributed by atoms with Crippen molar-refractivity contribution < 1.29 is 18.7 Å². The van der Waals surface area contributed by atoms with E-state index in [1.165, 1.54) is 12.1 Å². The topological polar surface area (TPSA) is 50.8 Å². The van der Waals surface area contributed by atoms with E-state index in [1.807, 2.05) is 18.2 Å². The van der Waals surface area contributed by atoms with Crippen LogP contribution in [0.25, 0.3) is 11.1 Å². The van der Waals surface area contributed by atoms with E-state index < -0.39 is 0 Å². The molecule has 6 heteroatoms. The number of morpholine rings is 1. The summed E-state index contributed by atoms with van der Waals surface area (Å²) in [6.07, 6.45) is 0.163. The van der Waals surface area contributed by atoms with Gasteiger partial charge in [-0.3, -0.25) is 9.69 Å². The third-order valence-electron chi connectivity index (χ3n) is 5.99. The highest BCUT2D eigenvalue weighted by molar-refractivity contribution is 5.78. The van der Waals surface area contributed by atoms with E-state index in [9.17, 15) is 9.18 Å². The van der Waals surface area contributed by atoms with Crippen molar-refractivity contribution in [2.45, 2.75) is 19.9 Å². The van der Waals surface area contributed by atoms with Gasteiger partial charge in [0, 0.05) is 26.2 Å². The van der Waals surface area contributed by atoms with Gasteiger partial charge in [-0.15, -0.1) is 0 Å². The van der Waals surface area contributed by atoms with Crippen LogP contribution in [-0.2, 0) is 22.5 Å². The van der Waals surface area contributed by atoms with Crippen LogP contribution >= 0.6 is 0 Å². The van der Waals surface area contributed by atoms with Crippen LogP contribution in [0.3, 0.4) is 0 Å². The molecule has 5 nitrogen and oxygen atoms in total. The summed E-state index contributed by atoms with van der Waals surface area (Å²) in [5.41, 5.74) is 5.10. The molecular weight excluding hydrogens is 431 g/mol. The second kappa shape index (κ2) is 11.8. The molecular formula is C28H31FN2O3. The van der Waals surface area contributed by atoms with Gasteiger partial charge in [-0.1, -0.05) is 42.5 Å². The molecule has 34 heavy (non-hydrogen) atoms. The molecule has 1 heterocycles. The van der Waals surface area contributed by atoms with Gasteiger partial charge in [0.1, 0.15) is 18.2 Å². The van der Waals surface area contributed by atoms with E-state index in [2.05, 4.69) is 41.4 Å². The summed E-state index contributed by atoms with van der Waals surface area (Å²) >= 11 is 0. The number of aryl methyl sites for hydroxylation is 1. The number of hydrogen-bond donors (Lipinski definition) is 1. The van der Waals surface area contributed by atoms with E-state index in [1.54, 1.807) is 12.1 Å². The quantitative estimate of drug-likeness (QED) is 0.513. The Morgan fingerprint density at radius 2 is 1.82 bits per heavy atom. The van der Waals surface area contributed by atoms with Crippen molar-refractivity contribution in [3.63, 3.8) is 0 Å². The summed E-state index contributed by atoms with van der Waals surface area (Å²) in [5.74, 6) is 0.422. The first-order valence-electron chi connectivity index (χ1n) is 11.7. The SMILES string of the molecule is Cc1cc(OCCN2CCOCC2)ccc1-c1ccc(CNC(=O)Cc2cccc(F)c2)cc1. The monoisotopic (exact) mass is 462 g/mol. The zero-order chi connectivity index (χ0) is 23.8. The third kappa shape index (κ3) is 6.89. The molecule has 1 N–H and O–H groups in total. The van der Waals surface area contributed by atoms with Crippen LogP contribution in [0.15, 0.2) is 66.7 Å². The number of carbonyl (C=O) groups is 1. The van der Waals surface area contributed by atoms with Gasteiger partial charge in [-0.25, -0.2) is 4.39 Å². The molecule has 0 saturated carbocycles. The van der Waals surface area contributed by atoms with Gasteiger partial charge in [0.15, 0.2) is 0 Å². The maximum atomic E-state index is 13.3. The number of ether oxygens (including phenoxy) is 2. The zero-order valence-corrected chi connectivity index (χ0v) is 19.6. The molecule has 0 spiro atoms. The van der Waals surface area contributed by atoms with E-state index in [4.69, 9.17) is 9.47 Å². The standard InChI is InChI=1S/C28H31FN2O3/c1-21-17-26(34-16-13-31-11-14-33-15-12-31)9-10-27(21)24-7-5-22(6-8-24)20-30-28(32)19-23-3-2-4-25(29)18-23/h2-10,17-18H,11-16,19-20H2,1H3,(H,30,32). The number of benzene rings is 3. The van der Waals surface area contributed by atoms with E-state index in [0.29, 0.717) is 18.7 Å². The van der Waals surface area contributed by atoms with Crippen LogP contribution < -0.4 is 10.1 Å². The maximum Gasteiger partial charge on any atom is 0.224 e. The molecule has 1 amide bonds. The molecule has 3 aromatic rings. The Balaban J connectivity index is 1.27. The number of carbonyl (C=O) groups excluding carboxylic acids is 1. The number of amides is 1. The van der Waals surface area contributed by atoms with Crippen LogP contribution in [0.2, 0.25) is 0 Å². The predicted octanol–water partition coefficient (Wildman–Crippen LogP) is 4.37. The van der Waals surface area contributed by atoms with E-state index >= 15 is 0 Å². The van der Waals surface area contributed by atoms with Gasteiger partial charge in [0.2, 0.25) is 5.91 Å². The Morgan fingerprint density at radius 3 is 2.56 bits per heavy atom. The van der Waals surface area contributed by atoms with Crippen LogP contribution in [0, 0.1) is 12.7 Å². The first-order valence-corrected chi connectivity index (χ1v) is 11.7. The fourth-order valence-corrected chi connectivity index (χ4v) is 4.06. The first kappa shape index (κ1) is 23.9. The number of nitrogens with one attached hydrogen (secondary N) is 1. The number of hydrogen-bond acceptors (Lipinski definition) is 4. The highest BCUT2D eigenvalue weighted by Gasteiger charge is 2.10. The Hall–Kier alpha value is -3.22. The Bertz CT molecular complexity index is 1100. The molecule has 0 aliphatic carbocycles. The third-order valence-corrected chi connectivity index (χ3v) is 5.99. The van der Waals surface area contributed by atoms with Gasteiger partial charge < -0.3 is 14.8 Å². The maximum absolute atomic E-state index is 13.3. The van der Waals surface area contributed by atoms with E-state index in [-0.39, 0.29) is 18.1 Å². The van der Waals surface area contributed by atoms with Gasteiger partial charge in [0.25, 0.3) is 0 Å². The number of nitrogens with zero attached hydrogens (tertiary/aromatic N) is 1. The fraction of sp³-hybridized carbons (Fsp3) is 0.321. The fourth-order valence-electron chi connectivity index (χ4n) is 4.06. The summed E-state index contributed by atoms with van der Waals surface area (Å²) in [6.45, 7) is 7.63. The summed E-state index contributed by atoms with van der Waals surface area (Å²) in [5, 5.41) is 2.90. The molecule has 0 atom stereocenters. The summed E-state index contributed by atoms with van der Waals surface area (Å²) < 4.78 is 24.6. The summed E-state index contributed by atoms with van der Waals surface area (Å²) in [4.78, 5) is 14.5. The Morgan fingerprint density at radius 1 is 1.03 bits per heavy atom. The molecule has 3 aromatic carbocycles. The van der Waals surface area contributed by atoms with Crippen molar-refractivity contribution in [2.75, 3.05) is 39.5 Å². The lowest BCUT2D eigenvalue weighted by Gasteiger charge is -2.26. The molecule has 0 aromatic heterocycles. The van der Waals surface area contributed by atoms with Gasteiger partial charge >= 0.3 is 0 Å². The molecule has 1 saturated heterocycles. The lowest BCUT2D eigenvalue weighted by Crippen LogP contribution is -2.38. The molecule has 1 fully saturated rings. The largest absolute Gasteiger partial charge is 0.492 e. The minimum absolute atomic E-state index is 0.130. The smallest absolute Gasteiger partial charge is 0.224 e. The van der Waals surface area contributed by atoms with Crippen molar-refractivity contribution in [1.29, 1.82) is 0 Å². The first-order chi connectivity index (χ1) is 16.6. The van der Waals surface area contributed by atoms with Crippen molar-refractivity contribution in [2.24, 2.45) is 0 Å². The van der Waals surface area contributed by atoms with Crippen molar-refractivity contribution in [3.8, 4) is 16.9 Å². The lowest BCUT2D eigenvalue weighted by atomic mass is 9.99. The normalized spacial score (nSPS) is 14.1. The zero-order valence-electron chi connectivity index (χ0n) is 19.6. The van der Waals surface area contributed by atoms with Crippen LogP contribution in [0.5, 0.6) is 5.75 Å². The molecule has 1 aliphatic rings. The van der Waals surface area contributed by atoms with Gasteiger partial charge in [-0.2, -0.15) is 0 Å². The minimum atomic E-state index is -0.330. The summed E-state index contributed by atoms with van der Waals surface area (Å²) in [6, 6.07) is 20.5. The molecule has 0 unspecified atom stereocenters. The van der Waals surface area contributed by atoms with Crippen molar-refractivity contribution in [1.82, 2.24) is 10.2 Å². The van der Waals surface area contributed by atoms with Crippen molar-refractivity contribution >= 4 is 5.91 Å². The lowest BCUT2D eigenvalue weighted by molar-refractivity contribution is -0.120. The van der Waals surface area contributed by atoms with Gasteiger partial charge in [0.05, 0.1) is 19.6 Å². The highest BCUT2D eigenvalue weighted by atomic mass is 19.1. The second-order valence-corrected chi connectivity index (χ2v) is 8.56. The second-order valence-electron chi connectivity index (χ2n) is 8.56.